The van der Waals surface area contributed by atoms with Gasteiger partial charge in [-0.1, -0.05) is 30.3 Å². The molecule has 1 spiro atoms. The van der Waals surface area contributed by atoms with Crippen molar-refractivity contribution in [1.82, 2.24) is 10.2 Å². The van der Waals surface area contributed by atoms with Crippen LogP contribution in [0.2, 0.25) is 0 Å². The molecule has 2 aliphatic heterocycles. The third kappa shape index (κ3) is 6.05. The van der Waals surface area contributed by atoms with Gasteiger partial charge in [-0.25, -0.2) is 0 Å². The Morgan fingerprint density at radius 3 is 2.57 bits per heavy atom. The summed E-state index contributed by atoms with van der Waals surface area (Å²) in [5, 5.41) is 3.25. The second-order valence-corrected chi connectivity index (χ2v) is 8.70. The zero-order valence-electron chi connectivity index (χ0n) is 18.4. The Kier molecular flexibility index (Phi) is 8.28. The van der Waals surface area contributed by atoms with E-state index in [4.69, 9.17) is 9.47 Å². The minimum Gasteiger partial charge on any atom is -0.465 e. The number of benzene rings is 1. The van der Waals surface area contributed by atoms with Crippen molar-refractivity contribution in [1.29, 1.82) is 0 Å². The van der Waals surface area contributed by atoms with Crippen molar-refractivity contribution in [3.63, 3.8) is 0 Å². The Bertz CT molecular complexity index is 678. The summed E-state index contributed by atoms with van der Waals surface area (Å²) in [6.45, 7) is 7.22. The SMILES string of the molecule is CCOC(=O)C(CCc1ccccc1)N[C@@H](C)C(=O)N1CCC2(CCCOC2)CC1. The van der Waals surface area contributed by atoms with E-state index in [2.05, 4.69) is 17.4 Å². The van der Waals surface area contributed by atoms with E-state index in [0.717, 1.165) is 52.0 Å². The predicted molar refractivity (Wildman–Crippen MR) is 116 cm³/mol. The third-order valence-corrected chi connectivity index (χ3v) is 6.50. The molecule has 0 aliphatic carbocycles. The highest BCUT2D eigenvalue weighted by molar-refractivity contribution is 5.83. The van der Waals surface area contributed by atoms with Crippen LogP contribution in [0.25, 0.3) is 0 Å². The molecule has 2 heterocycles. The van der Waals surface area contributed by atoms with Gasteiger partial charge in [-0.15, -0.1) is 0 Å². The number of ether oxygens (including phenoxy) is 2. The quantitative estimate of drug-likeness (QED) is 0.660. The third-order valence-electron chi connectivity index (χ3n) is 6.50. The molecule has 0 saturated carbocycles. The van der Waals surface area contributed by atoms with Crippen LogP contribution in [0.1, 0.15) is 51.5 Å². The fraction of sp³-hybridized carbons (Fsp3) is 0.667. The van der Waals surface area contributed by atoms with Crippen LogP contribution in [0.5, 0.6) is 0 Å². The van der Waals surface area contributed by atoms with Gasteiger partial charge in [0.1, 0.15) is 6.04 Å². The zero-order valence-corrected chi connectivity index (χ0v) is 18.4. The summed E-state index contributed by atoms with van der Waals surface area (Å²) in [6.07, 6.45) is 5.68. The van der Waals surface area contributed by atoms with Gasteiger partial charge in [0.05, 0.1) is 19.3 Å². The van der Waals surface area contributed by atoms with Gasteiger partial charge in [-0.05, 0) is 63.4 Å². The van der Waals surface area contributed by atoms with Crippen molar-refractivity contribution in [3.05, 3.63) is 35.9 Å². The van der Waals surface area contributed by atoms with Gasteiger partial charge in [0.2, 0.25) is 5.91 Å². The molecule has 0 aromatic heterocycles. The average Bonchev–Trinajstić information content (AvgIpc) is 2.78. The minimum absolute atomic E-state index is 0.0654. The number of likely N-dealkylation sites (tertiary alicyclic amines) is 1. The molecule has 1 amide bonds. The van der Waals surface area contributed by atoms with Crippen molar-refractivity contribution >= 4 is 11.9 Å². The Balaban J connectivity index is 1.54. The van der Waals surface area contributed by atoms with Crippen molar-refractivity contribution in [2.45, 2.75) is 64.5 Å². The number of nitrogens with one attached hydrogen (secondary N) is 1. The molecule has 1 aromatic carbocycles. The number of aryl methyl sites for hydroxylation is 1. The molecule has 2 atom stereocenters. The van der Waals surface area contributed by atoms with Crippen LogP contribution in [-0.4, -0.2) is 61.8 Å². The largest absolute Gasteiger partial charge is 0.465 e. The van der Waals surface area contributed by atoms with Crippen LogP contribution in [-0.2, 0) is 25.5 Å². The van der Waals surface area contributed by atoms with E-state index >= 15 is 0 Å². The van der Waals surface area contributed by atoms with Crippen LogP contribution in [0.4, 0.5) is 0 Å². The average molecular weight is 417 g/mol. The number of carbonyl (C=O) groups excluding carboxylic acids is 2. The standard InChI is InChI=1S/C24H36N2O4/c1-3-30-23(28)21(11-10-20-8-5-4-6-9-20)25-19(2)22(27)26-15-13-24(14-16-26)12-7-17-29-18-24/h4-6,8-9,19,21,25H,3,7,10-18H2,1-2H3/t19-,21?/m0/s1. The maximum absolute atomic E-state index is 13.0. The lowest BCUT2D eigenvalue weighted by Gasteiger charge is -2.44. The van der Waals surface area contributed by atoms with Gasteiger partial charge < -0.3 is 14.4 Å². The van der Waals surface area contributed by atoms with E-state index in [9.17, 15) is 9.59 Å². The normalized spacial score (nSPS) is 20.5. The lowest BCUT2D eigenvalue weighted by Crippen LogP contribution is -2.54. The van der Waals surface area contributed by atoms with E-state index in [1.807, 2.05) is 30.0 Å². The molecule has 6 nitrogen and oxygen atoms in total. The number of nitrogens with zero attached hydrogens (tertiary/aromatic N) is 1. The fourth-order valence-corrected chi connectivity index (χ4v) is 4.62. The van der Waals surface area contributed by atoms with Gasteiger partial charge in [-0.2, -0.15) is 0 Å². The first kappa shape index (κ1) is 22.8. The zero-order chi connectivity index (χ0) is 21.4. The molecular weight excluding hydrogens is 380 g/mol. The maximum Gasteiger partial charge on any atom is 0.323 e. The van der Waals surface area contributed by atoms with Crippen LogP contribution >= 0.6 is 0 Å². The molecule has 3 rings (SSSR count). The first-order valence-electron chi connectivity index (χ1n) is 11.4. The number of esters is 1. The number of piperidine rings is 1. The summed E-state index contributed by atoms with van der Waals surface area (Å²) < 4.78 is 11.0. The highest BCUT2D eigenvalue weighted by Gasteiger charge is 2.38. The van der Waals surface area contributed by atoms with E-state index in [1.165, 1.54) is 12.0 Å². The Morgan fingerprint density at radius 2 is 1.93 bits per heavy atom. The smallest absolute Gasteiger partial charge is 0.323 e. The van der Waals surface area contributed by atoms with Crippen molar-refractivity contribution in [3.8, 4) is 0 Å². The highest BCUT2D eigenvalue weighted by atomic mass is 16.5. The molecule has 1 N–H and O–H groups in total. The van der Waals surface area contributed by atoms with Gasteiger partial charge in [0.15, 0.2) is 0 Å². The Hall–Kier alpha value is -1.92. The summed E-state index contributed by atoms with van der Waals surface area (Å²) in [5.74, 6) is -0.222. The molecule has 0 radical (unpaired) electrons. The van der Waals surface area contributed by atoms with Gasteiger partial charge in [0, 0.05) is 19.7 Å². The highest BCUT2D eigenvalue weighted by Crippen LogP contribution is 2.38. The molecule has 1 unspecified atom stereocenters. The molecule has 2 aliphatic rings. The second kappa shape index (κ2) is 10.9. The first-order chi connectivity index (χ1) is 14.5. The lowest BCUT2D eigenvalue weighted by molar-refractivity contribution is -0.146. The molecule has 2 fully saturated rings. The van der Waals surface area contributed by atoms with E-state index < -0.39 is 12.1 Å². The number of hydrogen-bond acceptors (Lipinski definition) is 5. The van der Waals surface area contributed by atoms with Crippen LogP contribution in [0.15, 0.2) is 30.3 Å². The lowest BCUT2D eigenvalue weighted by atomic mass is 9.74. The van der Waals surface area contributed by atoms with Crippen LogP contribution in [0, 0.1) is 5.41 Å². The molecule has 166 valence electrons. The Morgan fingerprint density at radius 1 is 1.20 bits per heavy atom. The van der Waals surface area contributed by atoms with E-state index in [0.29, 0.717) is 13.0 Å². The molecular formula is C24H36N2O4. The summed E-state index contributed by atoms with van der Waals surface area (Å²) in [6, 6.07) is 9.15. The van der Waals surface area contributed by atoms with Gasteiger partial charge in [-0.3, -0.25) is 14.9 Å². The monoisotopic (exact) mass is 416 g/mol. The predicted octanol–water partition coefficient (Wildman–Crippen LogP) is 2.95. The van der Waals surface area contributed by atoms with E-state index in [1.54, 1.807) is 6.92 Å². The van der Waals surface area contributed by atoms with Crippen molar-refractivity contribution in [2.75, 3.05) is 32.9 Å². The van der Waals surface area contributed by atoms with Crippen molar-refractivity contribution in [2.24, 2.45) is 5.41 Å². The summed E-state index contributed by atoms with van der Waals surface area (Å²) >= 11 is 0. The summed E-state index contributed by atoms with van der Waals surface area (Å²) in [4.78, 5) is 27.5. The second-order valence-electron chi connectivity index (χ2n) is 8.70. The summed E-state index contributed by atoms with van der Waals surface area (Å²) in [7, 11) is 0. The number of hydrogen-bond donors (Lipinski definition) is 1. The van der Waals surface area contributed by atoms with E-state index in [-0.39, 0.29) is 17.3 Å². The number of carbonyl (C=O) groups is 2. The molecule has 0 bridgehead atoms. The maximum atomic E-state index is 13.0. The molecule has 1 aromatic rings. The first-order valence-corrected chi connectivity index (χ1v) is 11.4. The summed E-state index contributed by atoms with van der Waals surface area (Å²) in [5.41, 5.74) is 1.43. The molecule has 2 saturated heterocycles. The van der Waals surface area contributed by atoms with Crippen LogP contribution < -0.4 is 5.32 Å². The number of amides is 1. The number of rotatable bonds is 8. The van der Waals surface area contributed by atoms with Crippen molar-refractivity contribution < 1.29 is 19.1 Å². The van der Waals surface area contributed by atoms with Crippen LogP contribution in [0.3, 0.4) is 0 Å². The van der Waals surface area contributed by atoms with Gasteiger partial charge >= 0.3 is 5.97 Å². The fourth-order valence-electron chi connectivity index (χ4n) is 4.62. The Labute approximate surface area is 180 Å². The molecule has 6 heteroatoms. The topological polar surface area (TPSA) is 67.9 Å². The minimum atomic E-state index is -0.494. The molecule has 30 heavy (non-hydrogen) atoms. The van der Waals surface area contributed by atoms with Gasteiger partial charge in [0.25, 0.3) is 0 Å².